The molecule has 1 aromatic heterocycles. The number of aromatic nitrogens is 1. The molecule has 0 spiro atoms. The molecule has 2 heterocycles. The number of nitrogens with zero attached hydrogens (tertiary/aromatic N) is 2. The molecule has 2 aromatic rings. The molecule has 3 nitrogen and oxygen atoms in total. The van der Waals surface area contributed by atoms with Gasteiger partial charge in [0.25, 0.3) is 0 Å². The van der Waals surface area contributed by atoms with Crippen molar-refractivity contribution in [2.75, 3.05) is 11.2 Å². The van der Waals surface area contributed by atoms with Crippen LogP contribution in [0.5, 0.6) is 0 Å². The second-order valence-corrected chi connectivity index (χ2v) is 5.69. The summed E-state index contributed by atoms with van der Waals surface area (Å²) < 4.78 is 0. The predicted molar refractivity (Wildman–Crippen MR) is 85.5 cm³/mol. The standard InChI is InChI=1S/C16H17N3S/c1-11-7-16(20-2)18-9-14(11)19-10-13-6-4-3-5-12(13)8-15(19)17/h3-9H,10,17H2,1-2H3. The lowest BCUT2D eigenvalue weighted by Crippen LogP contribution is -2.30. The van der Waals surface area contributed by atoms with E-state index in [9.17, 15) is 0 Å². The van der Waals surface area contributed by atoms with Crippen molar-refractivity contribution in [1.82, 2.24) is 4.98 Å². The van der Waals surface area contributed by atoms with Crippen LogP contribution in [0.1, 0.15) is 16.7 Å². The van der Waals surface area contributed by atoms with Crippen LogP contribution in [0.2, 0.25) is 0 Å². The summed E-state index contributed by atoms with van der Waals surface area (Å²) in [7, 11) is 0. The first kappa shape index (κ1) is 13.1. The van der Waals surface area contributed by atoms with Gasteiger partial charge in [-0.2, -0.15) is 0 Å². The van der Waals surface area contributed by atoms with E-state index in [-0.39, 0.29) is 0 Å². The summed E-state index contributed by atoms with van der Waals surface area (Å²) in [5.74, 6) is 0.769. The number of benzene rings is 1. The van der Waals surface area contributed by atoms with Crippen LogP contribution < -0.4 is 10.6 Å². The summed E-state index contributed by atoms with van der Waals surface area (Å²) in [5.41, 5.74) is 11.0. The molecule has 0 amide bonds. The van der Waals surface area contributed by atoms with E-state index in [2.05, 4.69) is 41.1 Å². The van der Waals surface area contributed by atoms with Crippen LogP contribution in [0.25, 0.3) is 6.08 Å². The molecule has 0 saturated heterocycles. The molecular weight excluding hydrogens is 266 g/mol. The Morgan fingerprint density at radius 2 is 2.10 bits per heavy atom. The number of fused-ring (bicyclic) bond motifs is 1. The van der Waals surface area contributed by atoms with Gasteiger partial charge in [-0.15, -0.1) is 11.8 Å². The van der Waals surface area contributed by atoms with Crippen molar-refractivity contribution in [3.63, 3.8) is 0 Å². The van der Waals surface area contributed by atoms with Gasteiger partial charge in [0.2, 0.25) is 0 Å². The van der Waals surface area contributed by atoms with Crippen molar-refractivity contribution in [2.45, 2.75) is 18.5 Å². The zero-order valence-corrected chi connectivity index (χ0v) is 12.4. The lowest BCUT2D eigenvalue weighted by atomic mass is 10.0. The van der Waals surface area contributed by atoms with E-state index in [4.69, 9.17) is 5.73 Å². The Labute approximate surface area is 123 Å². The number of aryl methyl sites for hydroxylation is 1. The second-order valence-electron chi connectivity index (χ2n) is 4.87. The number of nitrogens with two attached hydrogens (primary N) is 1. The van der Waals surface area contributed by atoms with Gasteiger partial charge in [0, 0.05) is 0 Å². The highest BCUT2D eigenvalue weighted by molar-refractivity contribution is 7.98. The number of rotatable bonds is 2. The minimum atomic E-state index is 0.769. The summed E-state index contributed by atoms with van der Waals surface area (Å²) in [6.07, 6.45) is 5.98. The molecule has 4 heteroatoms. The van der Waals surface area contributed by atoms with Crippen molar-refractivity contribution in [2.24, 2.45) is 5.73 Å². The van der Waals surface area contributed by atoms with E-state index in [0.29, 0.717) is 0 Å². The summed E-state index contributed by atoms with van der Waals surface area (Å²) in [4.78, 5) is 6.58. The first-order valence-electron chi connectivity index (χ1n) is 6.52. The molecule has 0 bridgehead atoms. The van der Waals surface area contributed by atoms with Gasteiger partial charge < -0.3 is 10.6 Å². The molecule has 102 valence electrons. The summed E-state index contributed by atoms with van der Waals surface area (Å²) in [6.45, 7) is 2.89. The van der Waals surface area contributed by atoms with Gasteiger partial charge in [-0.3, -0.25) is 0 Å². The first-order valence-corrected chi connectivity index (χ1v) is 7.75. The third-order valence-corrected chi connectivity index (χ3v) is 4.20. The lowest BCUT2D eigenvalue weighted by Gasteiger charge is -2.30. The van der Waals surface area contributed by atoms with Gasteiger partial charge in [-0.25, -0.2) is 4.98 Å². The Balaban J connectivity index is 2.01. The fraction of sp³-hybridized carbons (Fsp3) is 0.188. The minimum Gasteiger partial charge on any atom is -0.385 e. The maximum atomic E-state index is 6.22. The number of hydrogen-bond donors (Lipinski definition) is 1. The molecule has 1 aliphatic rings. The lowest BCUT2D eigenvalue weighted by molar-refractivity contribution is 0.874. The van der Waals surface area contributed by atoms with Crippen LogP contribution in [0.4, 0.5) is 5.69 Å². The van der Waals surface area contributed by atoms with E-state index < -0.39 is 0 Å². The van der Waals surface area contributed by atoms with Crippen LogP contribution >= 0.6 is 11.8 Å². The highest BCUT2D eigenvalue weighted by Gasteiger charge is 2.19. The molecule has 1 aliphatic heterocycles. The van der Waals surface area contributed by atoms with Crippen LogP contribution in [0.3, 0.4) is 0 Å². The van der Waals surface area contributed by atoms with Crippen molar-refractivity contribution in [3.05, 3.63) is 59.0 Å². The Kier molecular flexibility index (Phi) is 3.40. The Morgan fingerprint density at radius 3 is 2.85 bits per heavy atom. The molecule has 20 heavy (non-hydrogen) atoms. The van der Waals surface area contributed by atoms with Gasteiger partial charge in [0.15, 0.2) is 0 Å². The van der Waals surface area contributed by atoms with E-state index in [1.165, 1.54) is 16.7 Å². The van der Waals surface area contributed by atoms with Gasteiger partial charge in [0.1, 0.15) is 5.82 Å². The van der Waals surface area contributed by atoms with Crippen LogP contribution in [0, 0.1) is 6.92 Å². The van der Waals surface area contributed by atoms with E-state index in [1.54, 1.807) is 11.8 Å². The quantitative estimate of drug-likeness (QED) is 0.858. The molecule has 2 N–H and O–H groups in total. The largest absolute Gasteiger partial charge is 0.385 e. The van der Waals surface area contributed by atoms with Crippen molar-refractivity contribution in [1.29, 1.82) is 0 Å². The molecule has 1 aromatic carbocycles. The van der Waals surface area contributed by atoms with Crippen molar-refractivity contribution < 1.29 is 0 Å². The van der Waals surface area contributed by atoms with Gasteiger partial charge in [-0.1, -0.05) is 24.3 Å². The first-order chi connectivity index (χ1) is 9.69. The van der Waals surface area contributed by atoms with Crippen LogP contribution in [0.15, 0.2) is 47.4 Å². The minimum absolute atomic E-state index is 0.769. The van der Waals surface area contributed by atoms with Crippen LogP contribution in [-0.4, -0.2) is 11.2 Å². The zero-order valence-electron chi connectivity index (χ0n) is 11.6. The molecule has 0 fully saturated rings. The monoisotopic (exact) mass is 283 g/mol. The zero-order chi connectivity index (χ0) is 14.1. The van der Waals surface area contributed by atoms with Crippen LogP contribution in [-0.2, 0) is 6.54 Å². The molecule has 0 atom stereocenters. The maximum absolute atomic E-state index is 6.22. The molecule has 0 saturated carbocycles. The van der Waals surface area contributed by atoms with Gasteiger partial charge in [0.05, 0.1) is 23.5 Å². The predicted octanol–water partition coefficient (Wildman–Crippen LogP) is 3.39. The second kappa shape index (κ2) is 5.21. The SMILES string of the molecule is CSc1cc(C)c(N2Cc3ccccc3C=C2N)cn1. The van der Waals surface area contributed by atoms with Gasteiger partial charge in [-0.05, 0) is 42.0 Å². The molecular formula is C16H17N3S. The Hall–Kier alpha value is -1.94. The number of thioether (sulfide) groups is 1. The molecule has 0 aliphatic carbocycles. The fourth-order valence-corrected chi connectivity index (χ4v) is 2.91. The summed E-state index contributed by atoms with van der Waals surface area (Å²) >= 11 is 1.65. The average Bonchev–Trinajstić information content (AvgIpc) is 2.46. The number of pyridine rings is 1. The van der Waals surface area contributed by atoms with Gasteiger partial charge >= 0.3 is 0 Å². The summed E-state index contributed by atoms with van der Waals surface area (Å²) in [5, 5.41) is 1.03. The normalized spacial score (nSPS) is 13.9. The Morgan fingerprint density at radius 1 is 1.30 bits per heavy atom. The molecule has 0 unspecified atom stereocenters. The smallest absolute Gasteiger partial charge is 0.104 e. The maximum Gasteiger partial charge on any atom is 0.104 e. The van der Waals surface area contributed by atoms with E-state index in [0.717, 1.165) is 23.1 Å². The van der Waals surface area contributed by atoms with E-state index in [1.807, 2.05) is 24.6 Å². The van der Waals surface area contributed by atoms with Crippen molar-refractivity contribution >= 4 is 23.5 Å². The molecule has 0 radical (unpaired) electrons. The Bertz CT molecular complexity index is 679. The average molecular weight is 283 g/mol. The molecule has 3 rings (SSSR count). The third kappa shape index (κ3) is 2.27. The number of anilines is 1. The highest BCUT2D eigenvalue weighted by Crippen LogP contribution is 2.30. The fourth-order valence-electron chi connectivity index (χ4n) is 2.46. The topological polar surface area (TPSA) is 42.1 Å². The third-order valence-electron chi connectivity index (χ3n) is 3.56. The summed E-state index contributed by atoms with van der Waals surface area (Å²) in [6, 6.07) is 10.5. The van der Waals surface area contributed by atoms with E-state index >= 15 is 0 Å². The number of hydrogen-bond acceptors (Lipinski definition) is 4. The highest BCUT2D eigenvalue weighted by atomic mass is 32.2. The van der Waals surface area contributed by atoms with Crippen molar-refractivity contribution in [3.8, 4) is 0 Å².